The maximum absolute atomic E-state index is 12.5. The molecule has 0 N–H and O–H groups in total. The fraction of sp³-hybridized carbons (Fsp3) is 0.0588. The summed E-state index contributed by atoms with van der Waals surface area (Å²) in [5.74, 6) is 0.558. The fourth-order valence-electron chi connectivity index (χ4n) is 2.52. The highest BCUT2D eigenvalue weighted by Crippen LogP contribution is 2.34. The molecule has 4 aromatic rings. The average molecular weight is 465 g/mol. The van der Waals surface area contributed by atoms with Crippen LogP contribution in [0.3, 0.4) is 0 Å². The van der Waals surface area contributed by atoms with Crippen LogP contribution in [-0.4, -0.2) is 20.0 Å². The predicted molar refractivity (Wildman–Crippen MR) is 104 cm³/mol. The van der Waals surface area contributed by atoms with Crippen molar-refractivity contribution in [1.29, 1.82) is 0 Å². The molecular formula is C17H10ClIN4O2. The van der Waals surface area contributed by atoms with Crippen LogP contribution in [0.25, 0.3) is 21.8 Å². The number of rotatable bonds is 3. The maximum Gasteiger partial charge on any atom is 0.280 e. The third-order valence-corrected chi connectivity index (χ3v) is 4.82. The Bertz CT molecular complexity index is 1160. The van der Waals surface area contributed by atoms with E-state index in [2.05, 4.69) is 37.9 Å². The fourth-order valence-corrected chi connectivity index (χ4v) is 3.69. The summed E-state index contributed by atoms with van der Waals surface area (Å²) in [7, 11) is 0. The Labute approximate surface area is 160 Å². The van der Waals surface area contributed by atoms with Crippen LogP contribution in [0, 0.1) is 3.57 Å². The van der Waals surface area contributed by atoms with Crippen LogP contribution in [0.2, 0.25) is 5.02 Å². The van der Waals surface area contributed by atoms with Gasteiger partial charge in [0, 0.05) is 11.6 Å². The van der Waals surface area contributed by atoms with Gasteiger partial charge in [-0.2, -0.15) is 4.68 Å². The molecule has 0 aliphatic heterocycles. The van der Waals surface area contributed by atoms with Crippen LogP contribution in [0.5, 0.6) is 5.75 Å². The van der Waals surface area contributed by atoms with Gasteiger partial charge < -0.3 is 4.74 Å². The highest BCUT2D eigenvalue weighted by molar-refractivity contribution is 14.1. The summed E-state index contributed by atoms with van der Waals surface area (Å²) in [4.78, 5) is 16.8. The zero-order valence-electron chi connectivity index (χ0n) is 12.7. The van der Waals surface area contributed by atoms with Gasteiger partial charge >= 0.3 is 0 Å². The minimum Gasteiger partial charge on any atom is -0.468 e. The standard InChI is InChI=1S/C17H10ClIN4O2/c18-12-8-13(19)16(15-10(12)5-3-7-20-15)25-9-23-17(24)11-4-1-2-6-14(11)21-22-23/h1-8H,9H2. The van der Waals surface area contributed by atoms with Crippen LogP contribution in [-0.2, 0) is 6.73 Å². The van der Waals surface area contributed by atoms with Crippen molar-refractivity contribution in [2.75, 3.05) is 0 Å². The number of ether oxygens (including phenoxy) is 1. The van der Waals surface area contributed by atoms with Gasteiger partial charge in [-0.05, 0) is 52.9 Å². The second-order valence-electron chi connectivity index (χ2n) is 5.25. The molecule has 0 amide bonds. The van der Waals surface area contributed by atoms with E-state index in [0.29, 0.717) is 27.2 Å². The molecule has 0 bridgehead atoms. The molecule has 0 fully saturated rings. The zero-order valence-corrected chi connectivity index (χ0v) is 15.6. The number of halogens is 2. The van der Waals surface area contributed by atoms with Crippen LogP contribution in [0.1, 0.15) is 0 Å². The van der Waals surface area contributed by atoms with E-state index in [9.17, 15) is 4.79 Å². The van der Waals surface area contributed by atoms with Crippen molar-refractivity contribution in [3.8, 4) is 5.75 Å². The first kappa shape index (κ1) is 16.2. The van der Waals surface area contributed by atoms with Gasteiger partial charge in [-0.1, -0.05) is 28.9 Å². The van der Waals surface area contributed by atoms with Crippen molar-refractivity contribution in [1.82, 2.24) is 20.0 Å². The first-order chi connectivity index (χ1) is 12.1. The third kappa shape index (κ3) is 2.93. The van der Waals surface area contributed by atoms with Gasteiger partial charge in [-0.15, -0.1) is 5.10 Å². The van der Waals surface area contributed by atoms with E-state index in [4.69, 9.17) is 16.3 Å². The van der Waals surface area contributed by atoms with E-state index in [1.807, 2.05) is 18.2 Å². The maximum atomic E-state index is 12.5. The molecule has 0 aliphatic carbocycles. The molecule has 0 saturated carbocycles. The molecule has 25 heavy (non-hydrogen) atoms. The van der Waals surface area contributed by atoms with Gasteiger partial charge in [0.15, 0.2) is 12.5 Å². The lowest BCUT2D eigenvalue weighted by atomic mass is 10.2. The lowest BCUT2D eigenvalue weighted by Crippen LogP contribution is -2.26. The van der Waals surface area contributed by atoms with Crippen molar-refractivity contribution in [2.24, 2.45) is 0 Å². The summed E-state index contributed by atoms with van der Waals surface area (Å²) in [6.45, 7) is -0.0695. The molecule has 2 aromatic heterocycles. The normalized spacial score (nSPS) is 11.1. The number of nitrogens with zero attached hydrogens (tertiary/aromatic N) is 4. The predicted octanol–water partition coefficient (Wildman–Crippen LogP) is 3.63. The van der Waals surface area contributed by atoms with Crippen molar-refractivity contribution in [3.05, 3.63) is 67.6 Å². The second-order valence-corrected chi connectivity index (χ2v) is 6.82. The van der Waals surface area contributed by atoms with E-state index >= 15 is 0 Å². The van der Waals surface area contributed by atoms with Gasteiger partial charge in [0.05, 0.1) is 14.0 Å². The summed E-state index contributed by atoms with van der Waals surface area (Å²) >= 11 is 8.39. The molecule has 8 heteroatoms. The number of pyridine rings is 1. The number of benzene rings is 2. The first-order valence-electron chi connectivity index (χ1n) is 7.33. The molecule has 4 rings (SSSR count). The number of hydrogen-bond acceptors (Lipinski definition) is 5. The minimum atomic E-state index is -0.258. The van der Waals surface area contributed by atoms with Crippen LogP contribution >= 0.6 is 34.2 Å². The summed E-state index contributed by atoms with van der Waals surface area (Å²) in [6, 6.07) is 12.5. The molecule has 2 aromatic carbocycles. The Kier molecular flexibility index (Phi) is 4.26. The highest BCUT2D eigenvalue weighted by atomic mass is 127. The van der Waals surface area contributed by atoms with E-state index in [1.165, 1.54) is 4.68 Å². The van der Waals surface area contributed by atoms with Crippen LogP contribution in [0.15, 0.2) is 53.5 Å². The van der Waals surface area contributed by atoms with Gasteiger partial charge in [0.25, 0.3) is 5.56 Å². The average Bonchev–Trinajstić information content (AvgIpc) is 2.63. The summed E-state index contributed by atoms with van der Waals surface area (Å²) in [6.07, 6.45) is 1.67. The van der Waals surface area contributed by atoms with Gasteiger partial charge in [-0.25, -0.2) is 0 Å². The molecule has 0 saturated heterocycles. The van der Waals surface area contributed by atoms with Crippen LogP contribution in [0.4, 0.5) is 0 Å². The SMILES string of the molecule is O=c1c2ccccc2nnn1COc1c(I)cc(Cl)c2cccnc12. The number of aromatic nitrogens is 4. The summed E-state index contributed by atoms with van der Waals surface area (Å²) in [5, 5.41) is 9.86. The Balaban J connectivity index is 1.74. The zero-order chi connectivity index (χ0) is 17.4. The molecule has 124 valence electrons. The lowest BCUT2D eigenvalue weighted by molar-refractivity contribution is 0.211. The van der Waals surface area contributed by atoms with Gasteiger partial charge in [0.2, 0.25) is 0 Å². The van der Waals surface area contributed by atoms with Gasteiger partial charge in [0.1, 0.15) is 11.0 Å². The van der Waals surface area contributed by atoms with Crippen molar-refractivity contribution in [2.45, 2.75) is 6.73 Å². The van der Waals surface area contributed by atoms with Crippen LogP contribution < -0.4 is 10.3 Å². The smallest absolute Gasteiger partial charge is 0.280 e. The first-order valence-corrected chi connectivity index (χ1v) is 8.79. The Morgan fingerprint density at radius 3 is 2.84 bits per heavy atom. The quantitative estimate of drug-likeness (QED) is 0.433. The molecular weight excluding hydrogens is 455 g/mol. The highest BCUT2D eigenvalue weighted by Gasteiger charge is 2.13. The Hall–Kier alpha value is -2.26. The summed E-state index contributed by atoms with van der Waals surface area (Å²) < 4.78 is 7.84. The molecule has 0 radical (unpaired) electrons. The van der Waals surface area contributed by atoms with Gasteiger partial charge in [-0.3, -0.25) is 9.78 Å². The molecule has 0 atom stereocenters. The van der Waals surface area contributed by atoms with Crippen molar-refractivity contribution >= 4 is 56.0 Å². The van der Waals surface area contributed by atoms with E-state index in [0.717, 1.165) is 8.96 Å². The second kappa shape index (κ2) is 6.57. The van der Waals surface area contributed by atoms with Crippen molar-refractivity contribution < 1.29 is 4.74 Å². The minimum absolute atomic E-state index is 0.0695. The molecule has 6 nitrogen and oxygen atoms in total. The largest absolute Gasteiger partial charge is 0.468 e. The molecule has 2 heterocycles. The number of fused-ring (bicyclic) bond motifs is 2. The monoisotopic (exact) mass is 464 g/mol. The van der Waals surface area contributed by atoms with E-state index in [1.54, 1.807) is 30.5 Å². The lowest BCUT2D eigenvalue weighted by Gasteiger charge is -2.12. The molecule has 0 aliphatic rings. The molecule has 0 unspecified atom stereocenters. The van der Waals surface area contributed by atoms with E-state index < -0.39 is 0 Å². The third-order valence-electron chi connectivity index (χ3n) is 3.71. The molecule has 0 spiro atoms. The number of hydrogen-bond donors (Lipinski definition) is 0. The topological polar surface area (TPSA) is 69.9 Å². The summed E-state index contributed by atoms with van der Waals surface area (Å²) in [5.41, 5.74) is 0.935. The Morgan fingerprint density at radius 2 is 1.96 bits per heavy atom. The van der Waals surface area contributed by atoms with E-state index in [-0.39, 0.29) is 12.3 Å². The van der Waals surface area contributed by atoms with Crippen molar-refractivity contribution in [3.63, 3.8) is 0 Å². The Morgan fingerprint density at radius 1 is 1.16 bits per heavy atom.